The second kappa shape index (κ2) is 8.82. The van der Waals surface area contributed by atoms with Gasteiger partial charge in [0.15, 0.2) is 0 Å². The van der Waals surface area contributed by atoms with Gasteiger partial charge in [-0.25, -0.2) is 0 Å². The minimum Gasteiger partial charge on any atom is -0.394 e. The quantitative estimate of drug-likeness (QED) is 0.624. The summed E-state index contributed by atoms with van der Waals surface area (Å²) in [6, 6.07) is 1.11. The molecular formula is C13H28N2O3. The summed E-state index contributed by atoms with van der Waals surface area (Å²) >= 11 is 0. The van der Waals surface area contributed by atoms with Gasteiger partial charge in [-0.05, 0) is 13.8 Å². The number of piperazine rings is 1. The van der Waals surface area contributed by atoms with E-state index in [1.54, 1.807) is 7.11 Å². The van der Waals surface area contributed by atoms with Gasteiger partial charge in [-0.3, -0.25) is 9.80 Å². The van der Waals surface area contributed by atoms with Crippen LogP contribution in [0.5, 0.6) is 0 Å². The van der Waals surface area contributed by atoms with Crippen molar-refractivity contribution >= 4 is 0 Å². The summed E-state index contributed by atoms with van der Waals surface area (Å²) in [5.41, 5.74) is 0. The second-order valence-electron chi connectivity index (χ2n) is 5.02. The molecule has 108 valence electrons. The van der Waals surface area contributed by atoms with Gasteiger partial charge in [0.2, 0.25) is 0 Å². The molecular weight excluding hydrogens is 232 g/mol. The summed E-state index contributed by atoms with van der Waals surface area (Å²) < 4.78 is 10.5. The van der Waals surface area contributed by atoms with Gasteiger partial charge in [0.25, 0.3) is 0 Å². The lowest BCUT2D eigenvalue weighted by molar-refractivity contribution is 0.00470. The first-order valence-corrected chi connectivity index (χ1v) is 6.84. The van der Waals surface area contributed by atoms with Gasteiger partial charge in [0, 0.05) is 45.4 Å². The topological polar surface area (TPSA) is 45.2 Å². The van der Waals surface area contributed by atoms with Crippen molar-refractivity contribution in [3.63, 3.8) is 0 Å². The largest absolute Gasteiger partial charge is 0.394 e. The highest BCUT2D eigenvalue weighted by molar-refractivity contribution is 4.84. The number of nitrogens with zero attached hydrogens (tertiary/aromatic N) is 2. The van der Waals surface area contributed by atoms with Gasteiger partial charge >= 0.3 is 0 Å². The lowest BCUT2D eigenvalue weighted by Gasteiger charge is -2.44. The number of aliphatic hydroxyl groups is 1. The molecule has 1 fully saturated rings. The molecule has 2 unspecified atom stereocenters. The molecule has 0 radical (unpaired) electrons. The second-order valence-corrected chi connectivity index (χ2v) is 5.02. The maximum atomic E-state index is 8.65. The smallest absolute Gasteiger partial charge is 0.0698 e. The Hall–Kier alpha value is -0.200. The molecule has 0 amide bonds. The molecule has 1 aliphatic heterocycles. The fourth-order valence-corrected chi connectivity index (χ4v) is 2.65. The maximum absolute atomic E-state index is 8.65. The van der Waals surface area contributed by atoms with Crippen LogP contribution in [0.1, 0.15) is 13.8 Å². The summed E-state index contributed by atoms with van der Waals surface area (Å²) in [5.74, 6) is 0. The normalized spacial score (nSPS) is 26.7. The molecule has 0 saturated carbocycles. The molecule has 5 nitrogen and oxygen atoms in total. The fourth-order valence-electron chi connectivity index (χ4n) is 2.65. The number of ether oxygens (including phenoxy) is 2. The van der Waals surface area contributed by atoms with E-state index in [-0.39, 0.29) is 6.61 Å². The Labute approximate surface area is 111 Å². The Morgan fingerprint density at radius 2 is 1.72 bits per heavy atom. The summed E-state index contributed by atoms with van der Waals surface area (Å²) in [5, 5.41) is 8.65. The van der Waals surface area contributed by atoms with Gasteiger partial charge < -0.3 is 14.6 Å². The number of methoxy groups -OCH3 is 1. The molecule has 0 aromatic carbocycles. The SMILES string of the molecule is COCCN1C(C)CN(CCOCCO)CC1C. The van der Waals surface area contributed by atoms with E-state index < -0.39 is 0 Å². The van der Waals surface area contributed by atoms with Crippen LogP contribution in [0.4, 0.5) is 0 Å². The molecule has 2 atom stereocenters. The summed E-state index contributed by atoms with van der Waals surface area (Å²) in [6.07, 6.45) is 0. The lowest BCUT2D eigenvalue weighted by atomic mass is 10.1. The highest BCUT2D eigenvalue weighted by Crippen LogP contribution is 2.14. The van der Waals surface area contributed by atoms with Crippen molar-refractivity contribution in [2.24, 2.45) is 0 Å². The van der Waals surface area contributed by atoms with Crippen LogP contribution in [-0.2, 0) is 9.47 Å². The van der Waals surface area contributed by atoms with Crippen molar-refractivity contribution in [1.82, 2.24) is 9.80 Å². The first-order chi connectivity index (χ1) is 8.69. The van der Waals surface area contributed by atoms with Crippen LogP contribution in [-0.4, -0.2) is 86.7 Å². The fraction of sp³-hybridized carbons (Fsp3) is 1.00. The van der Waals surface area contributed by atoms with Crippen LogP contribution in [0.15, 0.2) is 0 Å². The monoisotopic (exact) mass is 260 g/mol. The molecule has 1 aliphatic rings. The van der Waals surface area contributed by atoms with Crippen LogP contribution >= 0.6 is 0 Å². The predicted octanol–water partition coefficient (Wildman–Crippen LogP) is 0.0363. The predicted molar refractivity (Wildman–Crippen MR) is 71.9 cm³/mol. The van der Waals surface area contributed by atoms with Crippen LogP contribution in [0, 0.1) is 0 Å². The van der Waals surface area contributed by atoms with Crippen LogP contribution in [0.2, 0.25) is 0 Å². The molecule has 0 bridgehead atoms. The average molecular weight is 260 g/mol. The highest BCUT2D eigenvalue weighted by Gasteiger charge is 2.28. The average Bonchev–Trinajstić information content (AvgIpc) is 2.34. The van der Waals surface area contributed by atoms with Crippen molar-refractivity contribution in [2.45, 2.75) is 25.9 Å². The van der Waals surface area contributed by atoms with Gasteiger partial charge in [0.1, 0.15) is 0 Å². The van der Waals surface area contributed by atoms with Gasteiger partial charge in [0.05, 0.1) is 26.4 Å². The minimum atomic E-state index is 0.109. The molecule has 0 aromatic rings. The highest BCUT2D eigenvalue weighted by atomic mass is 16.5. The number of aliphatic hydroxyl groups excluding tert-OH is 1. The summed E-state index contributed by atoms with van der Waals surface area (Å²) in [4.78, 5) is 4.95. The van der Waals surface area contributed by atoms with Crippen LogP contribution in [0.25, 0.3) is 0 Å². The van der Waals surface area contributed by atoms with Gasteiger partial charge in [-0.15, -0.1) is 0 Å². The van der Waals surface area contributed by atoms with Gasteiger partial charge in [-0.2, -0.15) is 0 Å². The molecule has 18 heavy (non-hydrogen) atoms. The zero-order valence-electron chi connectivity index (χ0n) is 12.0. The Morgan fingerprint density at radius 1 is 1.06 bits per heavy atom. The molecule has 1 saturated heterocycles. The zero-order chi connectivity index (χ0) is 13.4. The van der Waals surface area contributed by atoms with Crippen molar-refractivity contribution in [3.05, 3.63) is 0 Å². The number of rotatable bonds is 8. The van der Waals surface area contributed by atoms with Crippen molar-refractivity contribution in [3.8, 4) is 0 Å². The number of hydrogen-bond acceptors (Lipinski definition) is 5. The third kappa shape index (κ3) is 5.20. The van der Waals surface area contributed by atoms with E-state index in [9.17, 15) is 0 Å². The van der Waals surface area contributed by atoms with E-state index in [0.717, 1.165) is 32.8 Å². The Morgan fingerprint density at radius 3 is 2.28 bits per heavy atom. The van der Waals surface area contributed by atoms with E-state index >= 15 is 0 Å². The van der Waals surface area contributed by atoms with Gasteiger partial charge in [-0.1, -0.05) is 0 Å². The van der Waals surface area contributed by atoms with E-state index in [4.69, 9.17) is 14.6 Å². The Kier molecular flexibility index (Phi) is 7.77. The number of hydrogen-bond donors (Lipinski definition) is 1. The van der Waals surface area contributed by atoms with E-state index in [2.05, 4.69) is 23.6 Å². The lowest BCUT2D eigenvalue weighted by Crippen LogP contribution is -2.57. The summed E-state index contributed by atoms with van der Waals surface area (Å²) in [7, 11) is 1.75. The van der Waals surface area contributed by atoms with Crippen LogP contribution in [0.3, 0.4) is 0 Å². The molecule has 1 rings (SSSR count). The minimum absolute atomic E-state index is 0.109. The van der Waals surface area contributed by atoms with E-state index in [0.29, 0.717) is 25.3 Å². The molecule has 0 aliphatic carbocycles. The van der Waals surface area contributed by atoms with Crippen LogP contribution < -0.4 is 0 Å². The maximum Gasteiger partial charge on any atom is 0.0698 e. The standard InChI is InChI=1S/C13H28N2O3/c1-12-10-14(4-8-18-9-6-16)11-13(2)15(12)5-7-17-3/h12-13,16H,4-11H2,1-3H3. The Bertz CT molecular complexity index is 204. The first-order valence-electron chi connectivity index (χ1n) is 6.84. The van der Waals surface area contributed by atoms with E-state index in [1.807, 2.05) is 0 Å². The first kappa shape index (κ1) is 15.9. The third-order valence-corrected chi connectivity index (χ3v) is 3.52. The molecule has 5 heteroatoms. The molecule has 0 spiro atoms. The third-order valence-electron chi connectivity index (χ3n) is 3.52. The summed E-state index contributed by atoms with van der Waals surface area (Å²) in [6.45, 7) is 10.7. The zero-order valence-corrected chi connectivity index (χ0v) is 12.0. The molecule has 1 heterocycles. The van der Waals surface area contributed by atoms with Crippen molar-refractivity contribution in [2.75, 3.05) is 59.7 Å². The van der Waals surface area contributed by atoms with Crippen molar-refractivity contribution < 1.29 is 14.6 Å². The van der Waals surface area contributed by atoms with Crippen molar-refractivity contribution in [1.29, 1.82) is 0 Å². The molecule has 0 aromatic heterocycles. The molecule has 1 N–H and O–H groups in total. The Balaban J connectivity index is 2.27. The van der Waals surface area contributed by atoms with E-state index in [1.165, 1.54) is 0 Å².